The van der Waals surface area contributed by atoms with Crippen LogP contribution in [0.4, 0.5) is 5.82 Å². The molecule has 0 fully saturated rings. The zero-order valence-electron chi connectivity index (χ0n) is 10.9. The van der Waals surface area contributed by atoms with E-state index in [1.54, 1.807) is 0 Å². The van der Waals surface area contributed by atoms with E-state index < -0.39 is 0 Å². The molecule has 0 saturated heterocycles. The molecule has 0 radical (unpaired) electrons. The molecular formula is C14H19N3O. The average Bonchev–Trinajstić information content (AvgIpc) is 2.77. The van der Waals surface area contributed by atoms with Crippen LogP contribution in [0.25, 0.3) is 11.3 Å². The molecule has 96 valence electrons. The number of aromatic nitrogens is 2. The van der Waals surface area contributed by atoms with Crippen LogP contribution in [-0.2, 0) is 6.42 Å². The van der Waals surface area contributed by atoms with E-state index in [0.29, 0.717) is 5.82 Å². The van der Waals surface area contributed by atoms with Crippen LogP contribution < -0.4 is 10.5 Å². The van der Waals surface area contributed by atoms with Crippen molar-refractivity contribution in [3.8, 4) is 17.0 Å². The van der Waals surface area contributed by atoms with Gasteiger partial charge < -0.3 is 10.5 Å². The van der Waals surface area contributed by atoms with Crippen LogP contribution >= 0.6 is 0 Å². The Kier molecular flexibility index (Phi) is 3.87. The monoisotopic (exact) mass is 245 g/mol. The fraction of sp³-hybridized carbons (Fsp3) is 0.357. The molecule has 0 saturated carbocycles. The highest BCUT2D eigenvalue weighted by atomic mass is 16.5. The molecule has 0 aliphatic carbocycles. The molecule has 18 heavy (non-hydrogen) atoms. The summed E-state index contributed by atoms with van der Waals surface area (Å²) < 4.78 is 5.63. The van der Waals surface area contributed by atoms with Gasteiger partial charge in [0.25, 0.3) is 0 Å². The van der Waals surface area contributed by atoms with E-state index in [4.69, 9.17) is 10.5 Å². The second-order valence-corrected chi connectivity index (χ2v) is 4.19. The summed E-state index contributed by atoms with van der Waals surface area (Å²) in [6.07, 6.45) is 1.86. The van der Waals surface area contributed by atoms with Gasteiger partial charge in [0.1, 0.15) is 11.6 Å². The summed E-state index contributed by atoms with van der Waals surface area (Å²) in [5, 5.41) is 7.06. The Balaban J connectivity index is 2.32. The van der Waals surface area contributed by atoms with Crippen molar-refractivity contribution in [3.63, 3.8) is 0 Å². The molecule has 4 nitrogen and oxygen atoms in total. The van der Waals surface area contributed by atoms with Crippen molar-refractivity contribution in [1.29, 1.82) is 0 Å². The van der Waals surface area contributed by atoms with Crippen LogP contribution in [0.15, 0.2) is 24.3 Å². The van der Waals surface area contributed by atoms with Crippen LogP contribution in [0.1, 0.15) is 25.8 Å². The van der Waals surface area contributed by atoms with Gasteiger partial charge in [0.05, 0.1) is 12.3 Å². The number of H-pyrrole nitrogens is 1. The number of nitrogens with one attached hydrogen (secondary N) is 1. The highest BCUT2D eigenvalue weighted by molar-refractivity contribution is 5.69. The van der Waals surface area contributed by atoms with Gasteiger partial charge in [-0.05, 0) is 25.0 Å². The number of anilines is 1. The summed E-state index contributed by atoms with van der Waals surface area (Å²) in [5.41, 5.74) is 8.94. The number of nitrogen functional groups attached to an aromatic ring is 1. The Morgan fingerprint density at radius 2 is 2.17 bits per heavy atom. The normalized spacial score (nSPS) is 10.6. The number of hydrogen-bond acceptors (Lipinski definition) is 3. The zero-order chi connectivity index (χ0) is 13.0. The molecule has 1 heterocycles. The van der Waals surface area contributed by atoms with Gasteiger partial charge in [0, 0.05) is 11.1 Å². The highest BCUT2D eigenvalue weighted by Crippen LogP contribution is 2.28. The number of nitrogens with two attached hydrogens (primary N) is 1. The molecule has 0 aliphatic heterocycles. The quantitative estimate of drug-likeness (QED) is 0.851. The fourth-order valence-corrected chi connectivity index (χ4v) is 1.94. The molecule has 0 spiro atoms. The van der Waals surface area contributed by atoms with Crippen molar-refractivity contribution < 1.29 is 4.74 Å². The summed E-state index contributed by atoms with van der Waals surface area (Å²) >= 11 is 0. The van der Waals surface area contributed by atoms with Gasteiger partial charge in [-0.1, -0.05) is 26.0 Å². The van der Waals surface area contributed by atoms with Crippen LogP contribution in [0.5, 0.6) is 5.75 Å². The van der Waals surface area contributed by atoms with Crippen molar-refractivity contribution in [2.24, 2.45) is 0 Å². The largest absolute Gasteiger partial charge is 0.494 e. The Morgan fingerprint density at radius 3 is 2.89 bits per heavy atom. The number of nitrogens with zero attached hydrogens (tertiary/aromatic N) is 1. The Bertz CT molecular complexity index is 520. The van der Waals surface area contributed by atoms with Crippen molar-refractivity contribution in [3.05, 3.63) is 29.8 Å². The molecule has 2 rings (SSSR count). The SMILES string of the molecule is CCCOc1cccc(-c2[nH]nc(N)c2CC)c1. The summed E-state index contributed by atoms with van der Waals surface area (Å²) in [6, 6.07) is 7.99. The molecule has 2 aromatic rings. The minimum Gasteiger partial charge on any atom is -0.494 e. The van der Waals surface area contributed by atoms with Crippen LogP contribution in [0, 0.1) is 0 Å². The standard InChI is InChI=1S/C14H19N3O/c1-3-8-18-11-7-5-6-10(9-11)13-12(4-2)14(15)17-16-13/h5-7,9H,3-4,8H2,1-2H3,(H3,15,16,17). The lowest BCUT2D eigenvalue weighted by molar-refractivity contribution is 0.317. The van der Waals surface area contributed by atoms with Crippen molar-refractivity contribution in [1.82, 2.24) is 10.2 Å². The first-order chi connectivity index (χ1) is 8.76. The number of benzene rings is 1. The first kappa shape index (κ1) is 12.5. The third kappa shape index (κ3) is 2.47. The predicted molar refractivity (Wildman–Crippen MR) is 73.6 cm³/mol. The molecule has 0 atom stereocenters. The van der Waals surface area contributed by atoms with Crippen molar-refractivity contribution in [2.75, 3.05) is 12.3 Å². The van der Waals surface area contributed by atoms with Gasteiger partial charge >= 0.3 is 0 Å². The third-order valence-electron chi connectivity index (χ3n) is 2.85. The van der Waals surface area contributed by atoms with E-state index in [1.165, 1.54) is 0 Å². The lowest BCUT2D eigenvalue weighted by atomic mass is 10.1. The molecule has 4 heteroatoms. The number of hydrogen-bond donors (Lipinski definition) is 2. The smallest absolute Gasteiger partial charge is 0.149 e. The third-order valence-corrected chi connectivity index (χ3v) is 2.85. The Hall–Kier alpha value is -1.97. The van der Waals surface area contributed by atoms with Gasteiger partial charge in [-0.2, -0.15) is 5.10 Å². The van der Waals surface area contributed by atoms with Gasteiger partial charge in [-0.25, -0.2) is 0 Å². The van der Waals surface area contributed by atoms with E-state index >= 15 is 0 Å². The van der Waals surface area contributed by atoms with E-state index in [0.717, 1.165) is 42.0 Å². The summed E-state index contributed by atoms with van der Waals surface area (Å²) in [6.45, 7) is 4.89. The van der Waals surface area contributed by atoms with Crippen molar-refractivity contribution in [2.45, 2.75) is 26.7 Å². The minimum absolute atomic E-state index is 0.576. The van der Waals surface area contributed by atoms with E-state index in [9.17, 15) is 0 Å². The molecule has 1 aromatic carbocycles. The number of aromatic amines is 1. The van der Waals surface area contributed by atoms with Crippen LogP contribution in [-0.4, -0.2) is 16.8 Å². The topological polar surface area (TPSA) is 63.9 Å². The first-order valence-electron chi connectivity index (χ1n) is 6.32. The molecule has 0 unspecified atom stereocenters. The summed E-state index contributed by atoms with van der Waals surface area (Å²) in [7, 11) is 0. The maximum atomic E-state index is 5.83. The lowest BCUT2D eigenvalue weighted by Gasteiger charge is -2.07. The lowest BCUT2D eigenvalue weighted by Crippen LogP contribution is -1.95. The second-order valence-electron chi connectivity index (χ2n) is 4.19. The minimum atomic E-state index is 0.576. The average molecular weight is 245 g/mol. The molecule has 0 amide bonds. The zero-order valence-corrected chi connectivity index (χ0v) is 10.9. The Morgan fingerprint density at radius 1 is 1.33 bits per heavy atom. The summed E-state index contributed by atoms with van der Waals surface area (Å²) in [4.78, 5) is 0. The van der Waals surface area contributed by atoms with Gasteiger partial charge in [-0.3, -0.25) is 5.10 Å². The van der Waals surface area contributed by atoms with E-state index in [-0.39, 0.29) is 0 Å². The second kappa shape index (κ2) is 5.58. The van der Waals surface area contributed by atoms with Gasteiger partial charge in [-0.15, -0.1) is 0 Å². The Labute approximate surface area is 107 Å². The maximum absolute atomic E-state index is 5.83. The van der Waals surface area contributed by atoms with Gasteiger partial charge in [0.2, 0.25) is 0 Å². The highest BCUT2D eigenvalue weighted by Gasteiger charge is 2.11. The molecule has 0 bridgehead atoms. The molecular weight excluding hydrogens is 226 g/mol. The first-order valence-corrected chi connectivity index (χ1v) is 6.32. The molecule has 3 N–H and O–H groups in total. The molecule has 0 aliphatic rings. The predicted octanol–water partition coefficient (Wildman–Crippen LogP) is 3.01. The van der Waals surface area contributed by atoms with E-state index in [2.05, 4.69) is 24.0 Å². The number of rotatable bonds is 5. The number of ether oxygens (including phenoxy) is 1. The van der Waals surface area contributed by atoms with Crippen LogP contribution in [0.3, 0.4) is 0 Å². The fourth-order valence-electron chi connectivity index (χ4n) is 1.94. The molecule has 1 aromatic heterocycles. The maximum Gasteiger partial charge on any atom is 0.149 e. The van der Waals surface area contributed by atoms with E-state index in [1.807, 2.05) is 24.3 Å². The van der Waals surface area contributed by atoms with Gasteiger partial charge in [0.15, 0.2) is 0 Å². The van der Waals surface area contributed by atoms with Crippen molar-refractivity contribution >= 4 is 5.82 Å². The summed E-state index contributed by atoms with van der Waals surface area (Å²) in [5.74, 6) is 1.46. The van der Waals surface area contributed by atoms with Crippen LogP contribution in [0.2, 0.25) is 0 Å².